The van der Waals surface area contributed by atoms with Gasteiger partial charge in [0.25, 0.3) is 0 Å². The van der Waals surface area contributed by atoms with Crippen molar-refractivity contribution in [3.63, 3.8) is 0 Å². The molecule has 0 saturated carbocycles. The van der Waals surface area contributed by atoms with E-state index in [0.29, 0.717) is 18.5 Å². The van der Waals surface area contributed by atoms with Crippen LogP contribution in [0.25, 0.3) is 0 Å². The smallest absolute Gasteiger partial charge is 0.315 e. The van der Waals surface area contributed by atoms with Gasteiger partial charge in [-0.05, 0) is 12.5 Å². The summed E-state index contributed by atoms with van der Waals surface area (Å²) in [6.45, 7) is 2.74. The van der Waals surface area contributed by atoms with E-state index >= 15 is 0 Å². The molecule has 2 aromatic rings. The Morgan fingerprint density at radius 3 is 3.12 bits per heavy atom. The highest BCUT2D eigenvalue weighted by Gasteiger charge is 2.04. The zero-order chi connectivity index (χ0) is 11.2. The summed E-state index contributed by atoms with van der Waals surface area (Å²) in [4.78, 5) is 0. The van der Waals surface area contributed by atoms with Gasteiger partial charge >= 0.3 is 6.01 Å². The lowest BCUT2D eigenvalue weighted by Crippen LogP contribution is -1.99. The number of hydrogen-bond donors (Lipinski definition) is 2. The van der Waals surface area contributed by atoms with Gasteiger partial charge in [-0.3, -0.25) is 5.10 Å². The van der Waals surface area contributed by atoms with E-state index in [0.717, 1.165) is 25.0 Å². The summed E-state index contributed by atoms with van der Waals surface area (Å²) in [5, 5.41) is 17.6. The standard InChI is InChI=1S/C10H15N5O/c1-2-3-4-9-14-15-10(16-9)11-7-8-5-6-12-13-8/h5-6H,2-4,7H2,1H3,(H,11,15)(H,12,13). The maximum absolute atomic E-state index is 5.42. The van der Waals surface area contributed by atoms with Crippen molar-refractivity contribution in [1.29, 1.82) is 0 Å². The van der Waals surface area contributed by atoms with Crippen molar-refractivity contribution in [2.24, 2.45) is 0 Å². The van der Waals surface area contributed by atoms with Crippen molar-refractivity contribution in [2.45, 2.75) is 32.7 Å². The van der Waals surface area contributed by atoms with E-state index in [1.54, 1.807) is 6.20 Å². The fraction of sp³-hybridized carbons (Fsp3) is 0.500. The molecular weight excluding hydrogens is 206 g/mol. The lowest BCUT2D eigenvalue weighted by molar-refractivity contribution is 0.494. The molecule has 0 bridgehead atoms. The van der Waals surface area contributed by atoms with Crippen molar-refractivity contribution >= 4 is 6.01 Å². The first-order chi connectivity index (χ1) is 7.88. The molecule has 6 heteroatoms. The molecule has 2 rings (SSSR count). The van der Waals surface area contributed by atoms with Crippen molar-refractivity contribution in [2.75, 3.05) is 5.32 Å². The van der Waals surface area contributed by atoms with Crippen LogP contribution in [0.15, 0.2) is 16.7 Å². The third-order valence-corrected chi connectivity index (χ3v) is 2.20. The summed E-state index contributed by atoms with van der Waals surface area (Å²) in [6, 6.07) is 2.35. The number of aromatic amines is 1. The summed E-state index contributed by atoms with van der Waals surface area (Å²) in [5.74, 6) is 0.689. The second-order valence-electron chi connectivity index (χ2n) is 3.54. The molecule has 2 N–H and O–H groups in total. The predicted molar refractivity (Wildman–Crippen MR) is 58.8 cm³/mol. The molecule has 0 aliphatic rings. The highest BCUT2D eigenvalue weighted by atomic mass is 16.4. The monoisotopic (exact) mass is 221 g/mol. The fourth-order valence-electron chi connectivity index (χ4n) is 1.31. The predicted octanol–water partition coefficient (Wildman–Crippen LogP) is 1.75. The van der Waals surface area contributed by atoms with E-state index in [2.05, 4.69) is 32.6 Å². The van der Waals surface area contributed by atoms with Crippen LogP contribution in [0.3, 0.4) is 0 Å². The molecule has 0 amide bonds. The lowest BCUT2D eigenvalue weighted by Gasteiger charge is -1.96. The Balaban J connectivity index is 1.83. The normalized spacial score (nSPS) is 10.6. The quantitative estimate of drug-likeness (QED) is 0.776. The van der Waals surface area contributed by atoms with Crippen LogP contribution in [0.4, 0.5) is 6.01 Å². The molecule has 0 spiro atoms. The Bertz CT molecular complexity index is 409. The van der Waals surface area contributed by atoms with Gasteiger partial charge < -0.3 is 9.73 Å². The molecule has 0 aliphatic carbocycles. The summed E-state index contributed by atoms with van der Waals surface area (Å²) < 4.78 is 5.42. The van der Waals surface area contributed by atoms with Crippen LogP contribution < -0.4 is 5.32 Å². The number of rotatable bonds is 6. The van der Waals surface area contributed by atoms with Gasteiger partial charge in [-0.2, -0.15) is 5.10 Å². The number of nitrogens with zero attached hydrogens (tertiary/aromatic N) is 3. The average molecular weight is 221 g/mol. The first-order valence-corrected chi connectivity index (χ1v) is 5.43. The Hall–Kier alpha value is -1.85. The molecule has 0 saturated heterocycles. The number of unbranched alkanes of at least 4 members (excludes halogenated alkanes) is 1. The molecule has 0 radical (unpaired) electrons. The van der Waals surface area contributed by atoms with Crippen LogP contribution in [0.5, 0.6) is 0 Å². The topological polar surface area (TPSA) is 79.6 Å². The van der Waals surface area contributed by atoms with Crippen LogP contribution in [-0.2, 0) is 13.0 Å². The number of aromatic nitrogens is 4. The first kappa shape index (κ1) is 10.7. The minimum absolute atomic E-state index is 0.459. The van der Waals surface area contributed by atoms with E-state index < -0.39 is 0 Å². The Morgan fingerprint density at radius 2 is 2.38 bits per heavy atom. The zero-order valence-electron chi connectivity index (χ0n) is 9.23. The first-order valence-electron chi connectivity index (χ1n) is 5.43. The van der Waals surface area contributed by atoms with Crippen molar-refractivity contribution in [3.8, 4) is 0 Å². The summed E-state index contributed by atoms with van der Waals surface area (Å²) in [5.41, 5.74) is 0.980. The van der Waals surface area contributed by atoms with Crippen LogP contribution in [0, 0.1) is 0 Å². The van der Waals surface area contributed by atoms with Gasteiger partial charge in [0.15, 0.2) is 0 Å². The lowest BCUT2D eigenvalue weighted by atomic mass is 10.2. The van der Waals surface area contributed by atoms with Gasteiger partial charge in [0, 0.05) is 12.6 Å². The third-order valence-electron chi connectivity index (χ3n) is 2.20. The zero-order valence-corrected chi connectivity index (χ0v) is 9.23. The van der Waals surface area contributed by atoms with Gasteiger partial charge in [-0.15, -0.1) is 5.10 Å². The second-order valence-corrected chi connectivity index (χ2v) is 3.54. The van der Waals surface area contributed by atoms with E-state index in [4.69, 9.17) is 4.42 Å². The molecule has 0 aliphatic heterocycles. The molecule has 2 aromatic heterocycles. The molecule has 6 nitrogen and oxygen atoms in total. The molecule has 2 heterocycles. The van der Waals surface area contributed by atoms with Crippen LogP contribution >= 0.6 is 0 Å². The number of hydrogen-bond acceptors (Lipinski definition) is 5. The van der Waals surface area contributed by atoms with E-state index in [1.807, 2.05) is 6.07 Å². The van der Waals surface area contributed by atoms with E-state index in [1.165, 1.54) is 0 Å². The third kappa shape index (κ3) is 2.82. The molecule has 0 aromatic carbocycles. The largest absolute Gasteiger partial charge is 0.408 e. The SMILES string of the molecule is CCCCc1nnc(NCc2ccn[nH]2)o1. The molecule has 86 valence electrons. The molecule has 0 fully saturated rings. The van der Waals surface area contributed by atoms with Crippen LogP contribution in [0.2, 0.25) is 0 Å². The summed E-state index contributed by atoms with van der Waals surface area (Å²) in [6.07, 6.45) is 4.74. The molecular formula is C10H15N5O. The second kappa shape index (κ2) is 5.29. The average Bonchev–Trinajstić information content (AvgIpc) is 2.95. The van der Waals surface area contributed by atoms with Gasteiger partial charge in [-0.25, -0.2) is 0 Å². The van der Waals surface area contributed by atoms with Gasteiger partial charge in [0.2, 0.25) is 5.89 Å². The molecule has 0 atom stereocenters. The molecule has 16 heavy (non-hydrogen) atoms. The maximum Gasteiger partial charge on any atom is 0.315 e. The van der Waals surface area contributed by atoms with Gasteiger partial charge in [-0.1, -0.05) is 18.4 Å². The van der Waals surface area contributed by atoms with E-state index in [-0.39, 0.29) is 0 Å². The van der Waals surface area contributed by atoms with Crippen LogP contribution in [0.1, 0.15) is 31.4 Å². The van der Waals surface area contributed by atoms with Crippen molar-refractivity contribution in [3.05, 3.63) is 23.8 Å². The molecule has 0 unspecified atom stereocenters. The van der Waals surface area contributed by atoms with Gasteiger partial charge in [0.1, 0.15) is 0 Å². The Morgan fingerprint density at radius 1 is 1.44 bits per heavy atom. The minimum atomic E-state index is 0.459. The highest BCUT2D eigenvalue weighted by Crippen LogP contribution is 2.09. The number of anilines is 1. The van der Waals surface area contributed by atoms with Crippen molar-refractivity contribution in [1.82, 2.24) is 20.4 Å². The fourth-order valence-corrected chi connectivity index (χ4v) is 1.31. The number of nitrogens with one attached hydrogen (secondary N) is 2. The highest BCUT2D eigenvalue weighted by molar-refractivity contribution is 5.19. The van der Waals surface area contributed by atoms with Crippen molar-refractivity contribution < 1.29 is 4.42 Å². The minimum Gasteiger partial charge on any atom is -0.408 e. The number of H-pyrrole nitrogens is 1. The van der Waals surface area contributed by atoms with E-state index in [9.17, 15) is 0 Å². The summed E-state index contributed by atoms with van der Waals surface area (Å²) >= 11 is 0. The summed E-state index contributed by atoms with van der Waals surface area (Å²) in [7, 11) is 0. The number of aryl methyl sites for hydroxylation is 1. The van der Waals surface area contributed by atoms with Crippen LogP contribution in [-0.4, -0.2) is 20.4 Å². The Kier molecular flexibility index (Phi) is 3.53. The maximum atomic E-state index is 5.42. The van der Waals surface area contributed by atoms with Gasteiger partial charge in [0.05, 0.1) is 12.2 Å². The Labute approximate surface area is 93.5 Å².